The summed E-state index contributed by atoms with van der Waals surface area (Å²) in [6, 6.07) is 11.2. The van der Waals surface area contributed by atoms with Crippen LogP contribution in [-0.4, -0.2) is 50.9 Å². The molecule has 1 aromatic carbocycles. The first-order valence-corrected chi connectivity index (χ1v) is 11.7. The van der Waals surface area contributed by atoms with E-state index in [2.05, 4.69) is 20.9 Å². The Bertz CT molecular complexity index is 1090. The molecule has 8 nitrogen and oxygen atoms in total. The summed E-state index contributed by atoms with van der Waals surface area (Å²) in [7, 11) is 1.63. The zero-order valence-electron chi connectivity index (χ0n) is 19.0. The topological polar surface area (TPSA) is 91.7 Å². The number of nitrogens with one attached hydrogen (secondary N) is 3. The number of furan rings is 1. The molecule has 0 aliphatic carbocycles. The number of fused-ring (bicyclic) bond motifs is 3. The minimum Gasteiger partial charge on any atom is -0.456 e. The Morgan fingerprint density at radius 2 is 2.06 bits per heavy atom. The van der Waals surface area contributed by atoms with Gasteiger partial charge in [0.2, 0.25) is 0 Å². The van der Waals surface area contributed by atoms with E-state index in [9.17, 15) is 4.79 Å². The number of hydrogen-bond donors (Lipinski definition) is 3. The standard InChI is InChI=1S/C25H31N5O3/c1-32-15-14-30-23-19-4-2-3-5-20(19)33-24(23)22(29-25(30)31)18-6-7-21(28-16-18)27-13-10-17-8-11-26-12-9-17/h2-7,16-17,22,26H,8-15H2,1H3,(H,27,28)(H,29,31). The number of carbonyl (C=O) groups excluding carboxylic acids is 1. The number of aromatic nitrogens is 1. The first-order valence-electron chi connectivity index (χ1n) is 11.7. The summed E-state index contributed by atoms with van der Waals surface area (Å²) in [5, 5.41) is 10.9. The number of rotatable bonds is 8. The van der Waals surface area contributed by atoms with Gasteiger partial charge in [-0.1, -0.05) is 18.2 Å². The molecule has 0 bridgehead atoms. The number of anilines is 2. The molecule has 0 spiro atoms. The van der Waals surface area contributed by atoms with Crippen LogP contribution in [0.4, 0.5) is 16.3 Å². The molecule has 0 radical (unpaired) electrons. The van der Waals surface area contributed by atoms with Crippen LogP contribution >= 0.6 is 0 Å². The molecule has 1 fully saturated rings. The highest BCUT2D eigenvalue weighted by Crippen LogP contribution is 2.42. The number of para-hydroxylation sites is 1. The van der Waals surface area contributed by atoms with Gasteiger partial charge >= 0.3 is 6.03 Å². The molecule has 3 N–H and O–H groups in total. The lowest BCUT2D eigenvalue weighted by Crippen LogP contribution is -2.47. The second kappa shape index (κ2) is 9.80. The van der Waals surface area contributed by atoms with Crippen molar-refractivity contribution in [3.05, 3.63) is 53.9 Å². The first kappa shape index (κ1) is 21.7. The Labute approximate surface area is 193 Å². The number of hydrogen-bond acceptors (Lipinski definition) is 6. The predicted octanol–water partition coefficient (Wildman–Crippen LogP) is 3.89. The van der Waals surface area contributed by atoms with Crippen LogP contribution in [0.1, 0.15) is 36.6 Å². The summed E-state index contributed by atoms with van der Waals surface area (Å²) in [6.07, 6.45) is 5.47. The van der Waals surface area contributed by atoms with Gasteiger partial charge in [0.25, 0.3) is 0 Å². The SMILES string of the molecule is COCCN1C(=O)NC(c2ccc(NCCC3CCNCC3)nc2)c2oc3ccccc3c21. The van der Waals surface area contributed by atoms with Crippen LogP contribution < -0.4 is 20.9 Å². The van der Waals surface area contributed by atoms with Gasteiger partial charge in [-0.2, -0.15) is 0 Å². The lowest BCUT2D eigenvalue weighted by Gasteiger charge is -2.32. The fraction of sp³-hybridized carbons (Fsp3) is 0.440. The van der Waals surface area contributed by atoms with E-state index in [1.807, 2.05) is 42.6 Å². The molecule has 174 valence electrons. The van der Waals surface area contributed by atoms with Gasteiger partial charge in [0.1, 0.15) is 17.4 Å². The average molecular weight is 450 g/mol. The molecule has 2 aromatic heterocycles. The second-order valence-electron chi connectivity index (χ2n) is 8.72. The van der Waals surface area contributed by atoms with E-state index in [1.54, 1.807) is 12.0 Å². The van der Waals surface area contributed by atoms with Crippen LogP contribution in [0.5, 0.6) is 0 Å². The van der Waals surface area contributed by atoms with Crippen molar-refractivity contribution in [3.63, 3.8) is 0 Å². The van der Waals surface area contributed by atoms with E-state index in [0.717, 1.165) is 65.8 Å². The normalized spacial score (nSPS) is 18.9. The van der Waals surface area contributed by atoms with Gasteiger partial charge in [-0.05, 0) is 56.5 Å². The number of pyridine rings is 1. The average Bonchev–Trinajstić information content (AvgIpc) is 3.24. The molecule has 1 saturated heterocycles. The molecular weight excluding hydrogens is 418 g/mol. The van der Waals surface area contributed by atoms with Crippen LogP contribution in [0.3, 0.4) is 0 Å². The number of carbonyl (C=O) groups is 1. The maximum absolute atomic E-state index is 13.0. The number of nitrogens with zero attached hydrogens (tertiary/aromatic N) is 2. The van der Waals surface area contributed by atoms with Gasteiger partial charge in [0.15, 0.2) is 5.76 Å². The summed E-state index contributed by atoms with van der Waals surface area (Å²) in [6.45, 7) is 4.05. The fourth-order valence-corrected chi connectivity index (χ4v) is 4.78. The van der Waals surface area contributed by atoms with Crippen molar-refractivity contribution in [3.8, 4) is 0 Å². The predicted molar refractivity (Wildman–Crippen MR) is 129 cm³/mol. The third-order valence-electron chi connectivity index (χ3n) is 6.60. The minimum absolute atomic E-state index is 0.166. The maximum atomic E-state index is 13.0. The molecular formula is C25H31N5O3. The summed E-state index contributed by atoms with van der Waals surface area (Å²) < 4.78 is 11.5. The number of amides is 2. The number of methoxy groups -OCH3 is 1. The van der Waals surface area contributed by atoms with Gasteiger partial charge in [0.05, 0.1) is 18.8 Å². The summed E-state index contributed by atoms with van der Waals surface area (Å²) in [5.74, 6) is 2.35. The number of piperidine rings is 1. The monoisotopic (exact) mass is 449 g/mol. The molecule has 2 aliphatic rings. The van der Waals surface area contributed by atoms with Crippen molar-refractivity contribution in [2.24, 2.45) is 5.92 Å². The van der Waals surface area contributed by atoms with Gasteiger partial charge in [-0.15, -0.1) is 0 Å². The maximum Gasteiger partial charge on any atom is 0.322 e. The summed E-state index contributed by atoms with van der Waals surface area (Å²) in [4.78, 5) is 19.3. The van der Waals surface area contributed by atoms with Gasteiger partial charge in [0, 0.05) is 30.8 Å². The Hall–Kier alpha value is -3.10. The third kappa shape index (κ3) is 4.54. The van der Waals surface area contributed by atoms with E-state index in [-0.39, 0.29) is 6.03 Å². The lowest BCUT2D eigenvalue weighted by molar-refractivity contribution is 0.201. The Kier molecular flexibility index (Phi) is 6.46. The van der Waals surface area contributed by atoms with Crippen molar-refractivity contribution in [1.82, 2.24) is 15.6 Å². The Balaban J connectivity index is 1.35. The Morgan fingerprint density at radius 3 is 2.85 bits per heavy atom. The molecule has 8 heteroatoms. The largest absolute Gasteiger partial charge is 0.456 e. The van der Waals surface area contributed by atoms with Crippen molar-refractivity contribution in [2.45, 2.75) is 25.3 Å². The first-order chi connectivity index (χ1) is 16.2. The smallest absolute Gasteiger partial charge is 0.322 e. The number of ether oxygens (including phenoxy) is 1. The van der Waals surface area contributed by atoms with Crippen molar-refractivity contribution < 1.29 is 13.9 Å². The molecule has 4 heterocycles. The van der Waals surface area contributed by atoms with E-state index in [0.29, 0.717) is 13.2 Å². The summed E-state index contributed by atoms with van der Waals surface area (Å²) in [5.41, 5.74) is 2.45. The molecule has 5 rings (SSSR count). The third-order valence-corrected chi connectivity index (χ3v) is 6.60. The minimum atomic E-state index is -0.394. The van der Waals surface area contributed by atoms with E-state index >= 15 is 0 Å². The molecule has 1 unspecified atom stereocenters. The zero-order chi connectivity index (χ0) is 22.6. The molecule has 3 aromatic rings. The highest BCUT2D eigenvalue weighted by atomic mass is 16.5. The molecule has 2 aliphatic heterocycles. The van der Waals surface area contributed by atoms with Crippen molar-refractivity contribution in [1.29, 1.82) is 0 Å². The van der Waals surface area contributed by atoms with Gasteiger partial charge in [-0.25, -0.2) is 9.78 Å². The van der Waals surface area contributed by atoms with Crippen molar-refractivity contribution in [2.75, 3.05) is 50.1 Å². The van der Waals surface area contributed by atoms with Gasteiger partial charge < -0.3 is 25.1 Å². The lowest BCUT2D eigenvalue weighted by atomic mass is 9.95. The highest BCUT2D eigenvalue weighted by Gasteiger charge is 2.36. The Morgan fingerprint density at radius 1 is 1.21 bits per heavy atom. The van der Waals surface area contributed by atoms with Crippen LogP contribution in [-0.2, 0) is 4.74 Å². The highest BCUT2D eigenvalue weighted by molar-refractivity contribution is 6.05. The van der Waals surface area contributed by atoms with Gasteiger partial charge in [-0.3, -0.25) is 4.90 Å². The van der Waals surface area contributed by atoms with Crippen molar-refractivity contribution >= 4 is 28.5 Å². The fourth-order valence-electron chi connectivity index (χ4n) is 4.78. The molecule has 33 heavy (non-hydrogen) atoms. The number of urea groups is 1. The van der Waals surface area contributed by atoms with E-state index < -0.39 is 6.04 Å². The van der Waals surface area contributed by atoms with Crippen LogP contribution in [0.2, 0.25) is 0 Å². The summed E-state index contributed by atoms with van der Waals surface area (Å²) >= 11 is 0. The molecule has 1 atom stereocenters. The second-order valence-corrected chi connectivity index (χ2v) is 8.72. The quantitative estimate of drug-likeness (QED) is 0.483. The van der Waals surface area contributed by atoms with Crippen LogP contribution in [0.15, 0.2) is 47.0 Å². The van der Waals surface area contributed by atoms with Crippen LogP contribution in [0, 0.1) is 5.92 Å². The van der Waals surface area contributed by atoms with E-state index in [4.69, 9.17) is 9.15 Å². The molecule has 2 amide bonds. The molecule has 0 saturated carbocycles. The van der Waals surface area contributed by atoms with E-state index in [1.165, 1.54) is 12.8 Å². The zero-order valence-corrected chi connectivity index (χ0v) is 19.0. The number of benzene rings is 1. The van der Waals surface area contributed by atoms with Crippen LogP contribution in [0.25, 0.3) is 11.0 Å².